The number of carbonyl (C=O) groups is 1. The van der Waals surface area contributed by atoms with Gasteiger partial charge in [0, 0.05) is 12.5 Å². The van der Waals surface area contributed by atoms with Gasteiger partial charge in [0.15, 0.2) is 11.5 Å². The molecule has 2 atom stereocenters. The van der Waals surface area contributed by atoms with Crippen LogP contribution in [0.5, 0.6) is 11.5 Å². The summed E-state index contributed by atoms with van der Waals surface area (Å²) >= 11 is 0. The summed E-state index contributed by atoms with van der Waals surface area (Å²) in [5.74, 6) is 0.0463. The van der Waals surface area contributed by atoms with Crippen molar-refractivity contribution in [2.24, 2.45) is 0 Å². The summed E-state index contributed by atoms with van der Waals surface area (Å²) in [5.41, 5.74) is 2.10. The second-order valence-corrected chi connectivity index (χ2v) is 5.31. The lowest BCUT2D eigenvalue weighted by Gasteiger charge is -2.42. The Morgan fingerprint density at radius 3 is 2.57 bits per heavy atom. The minimum absolute atomic E-state index is 0.0470. The van der Waals surface area contributed by atoms with Crippen molar-refractivity contribution in [3.8, 4) is 11.5 Å². The molecule has 1 aromatic rings. The standard InChI is InChI=1S/C15H21NO5/c1-8-4-10-5-11(6-17)16(9(2)19)12(7-18)13(10)14(20)15(8)21-3/h4,11-12,17-18,20H,5-7H2,1-3H3/t11-,12-/m0/s1. The molecule has 1 aromatic carbocycles. The molecule has 0 bridgehead atoms. The first-order chi connectivity index (χ1) is 9.96. The van der Waals surface area contributed by atoms with Gasteiger partial charge in [0.25, 0.3) is 0 Å². The zero-order valence-corrected chi connectivity index (χ0v) is 12.5. The van der Waals surface area contributed by atoms with E-state index in [4.69, 9.17) is 4.74 Å². The van der Waals surface area contributed by atoms with Gasteiger partial charge in [0.2, 0.25) is 5.91 Å². The Bertz CT molecular complexity index is 557. The highest BCUT2D eigenvalue weighted by molar-refractivity contribution is 5.75. The first kappa shape index (κ1) is 15.6. The Morgan fingerprint density at radius 2 is 2.10 bits per heavy atom. The van der Waals surface area contributed by atoms with Crippen LogP contribution in [0.4, 0.5) is 0 Å². The molecule has 0 fully saturated rings. The van der Waals surface area contributed by atoms with Gasteiger partial charge in [0.1, 0.15) is 0 Å². The number of carbonyl (C=O) groups excluding carboxylic acids is 1. The second kappa shape index (κ2) is 5.91. The Hall–Kier alpha value is -1.79. The quantitative estimate of drug-likeness (QED) is 0.756. The average Bonchev–Trinajstić information content (AvgIpc) is 2.45. The molecule has 1 heterocycles. The number of hydrogen-bond acceptors (Lipinski definition) is 5. The van der Waals surface area contributed by atoms with Crippen LogP contribution in [0.2, 0.25) is 0 Å². The molecule has 6 nitrogen and oxygen atoms in total. The molecule has 1 amide bonds. The molecule has 1 aliphatic heterocycles. The number of methoxy groups -OCH3 is 1. The predicted octanol–water partition coefficient (Wildman–Crippen LogP) is 0.508. The minimum atomic E-state index is -0.683. The number of aromatic hydroxyl groups is 1. The van der Waals surface area contributed by atoms with Gasteiger partial charge in [-0.25, -0.2) is 0 Å². The number of hydrogen-bond donors (Lipinski definition) is 3. The smallest absolute Gasteiger partial charge is 0.220 e. The van der Waals surface area contributed by atoms with Crippen LogP contribution in [0.1, 0.15) is 29.7 Å². The summed E-state index contributed by atoms with van der Waals surface area (Å²) in [6.07, 6.45) is 0.431. The molecule has 0 unspecified atom stereocenters. The maximum Gasteiger partial charge on any atom is 0.220 e. The first-order valence-corrected chi connectivity index (χ1v) is 6.86. The molecule has 0 aromatic heterocycles. The van der Waals surface area contributed by atoms with E-state index in [9.17, 15) is 20.1 Å². The van der Waals surface area contributed by atoms with E-state index >= 15 is 0 Å². The molecule has 0 aliphatic carbocycles. The highest BCUT2D eigenvalue weighted by atomic mass is 16.5. The highest BCUT2D eigenvalue weighted by Crippen LogP contribution is 2.44. The van der Waals surface area contributed by atoms with E-state index in [1.165, 1.54) is 18.9 Å². The van der Waals surface area contributed by atoms with Crippen LogP contribution in [0.15, 0.2) is 6.07 Å². The number of aliphatic hydroxyl groups is 2. The maximum absolute atomic E-state index is 11.9. The SMILES string of the molecule is COc1c(C)cc2c(c1O)[C@H](CO)N(C(C)=O)[C@H](CO)C2. The molecule has 0 saturated heterocycles. The molecule has 3 N–H and O–H groups in total. The number of phenolic OH excluding ortho intramolecular Hbond substituents is 1. The molecule has 21 heavy (non-hydrogen) atoms. The zero-order chi connectivity index (χ0) is 15.7. The number of aryl methyl sites for hydroxylation is 1. The average molecular weight is 295 g/mol. The fourth-order valence-corrected chi connectivity index (χ4v) is 3.22. The van der Waals surface area contributed by atoms with Crippen molar-refractivity contribution in [2.45, 2.75) is 32.4 Å². The van der Waals surface area contributed by atoms with Crippen molar-refractivity contribution in [3.05, 3.63) is 22.8 Å². The van der Waals surface area contributed by atoms with Crippen molar-refractivity contribution in [3.63, 3.8) is 0 Å². The van der Waals surface area contributed by atoms with Gasteiger partial charge in [-0.3, -0.25) is 4.79 Å². The molecular weight excluding hydrogens is 274 g/mol. The topological polar surface area (TPSA) is 90.2 Å². The Labute approximate surface area is 123 Å². The molecule has 2 rings (SSSR count). The van der Waals surface area contributed by atoms with Gasteiger partial charge in [-0.15, -0.1) is 0 Å². The summed E-state index contributed by atoms with van der Waals surface area (Å²) in [7, 11) is 1.46. The van der Waals surface area contributed by atoms with Gasteiger partial charge in [-0.05, 0) is 24.5 Å². The Kier molecular flexibility index (Phi) is 4.39. The lowest BCUT2D eigenvalue weighted by molar-refractivity contribution is -0.137. The summed E-state index contributed by atoms with van der Waals surface area (Å²) in [5, 5.41) is 29.7. The number of amides is 1. The fourth-order valence-electron chi connectivity index (χ4n) is 3.22. The van der Waals surface area contributed by atoms with Gasteiger partial charge in [0.05, 0.1) is 32.4 Å². The van der Waals surface area contributed by atoms with E-state index in [1.54, 1.807) is 0 Å². The summed E-state index contributed by atoms with van der Waals surface area (Å²) < 4.78 is 5.20. The third kappa shape index (κ3) is 2.45. The van der Waals surface area contributed by atoms with Crippen molar-refractivity contribution < 1.29 is 24.9 Å². The van der Waals surface area contributed by atoms with E-state index in [2.05, 4.69) is 0 Å². The number of rotatable bonds is 3. The normalized spacial score (nSPS) is 21.1. The molecular formula is C15H21NO5. The summed E-state index contributed by atoms with van der Waals surface area (Å²) in [6, 6.07) is 0.786. The van der Waals surface area contributed by atoms with Crippen LogP contribution in [0.3, 0.4) is 0 Å². The van der Waals surface area contributed by atoms with Gasteiger partial charge >= 0.3 is 0 Å². The molecule has 0 saturated carbocycles. The van der Waals surface area contributed by atoms with Crippen molar-refractivity contribution in [1.82, 2.24) is 4.90 Å². The fraction of sp³-hybridized carbons (Fsp3) is 0.533. The maximum atomic E-state index is 11.9. The number of phenols is 1. The van der Waals surface area contributed by atoms with Crippen molar-refractivity contribution in [2.75, 3.05) is 20.3 Å². The molecule has 0 radical (unpaired) electrons. The van der Waals surface area contributed by atoms with Crippen molar-refractivity contribution in [1.29, 1.82) is 0 Å². The van der Waals surface area contributed by atoms with E-state index in [0.717, 1.165) is 11.1 Å². The molecule has 116 valence electrons. The van der Waals surface area contributed by atoms with Crippen LogP contribution >= 0.6 is 0 Å². The van der Waals surface area contributed by atoms with Crippen LogP contribution < -0.4 is 4.74 Å². The first-order valence-electron chi connectivity index (χ1n) is 6.86. The van der Waals surface area contributed by atoms with E-state index in [-0.39, 0.29) is 24.9 Å². The van der Waals surface area contributed by atoms with Crippen LogP contribution in [0.25, 0.3) is 0 Å². The number of ether oxygens (including phenoxy) is 1. The largest absolute Gasteiger partial charge is 0.504 e. The van der Waals surface area contributed by atoms with Crippen LogP contribution in [-0.4, -0.2) is 52.5 Å². The summed E-state index contributed by atoms with van der Waals surface area (Å²) in [6.45, 7) is 2.68. The third-order valence-electron chi connectivity index (χ3n) is 4.03. The predicted molar refractivity (Wildman–Crippen MR) is 76.3 cm³/mol. The molecule has 1 aliphatic rings. The van der Waals surface area contributed by atoms with Gasteiger partial charge in [-0.1, -0.05) is 6.07 Å². The molecule has 6 heteroatoms. The lowest BCUT2D eigenvalue weighted by Crippen LogP contribution is -2.49. The van der Waals surface area contributed by atoms with Gasteiger partial charge in [-0.2, -0.15) is 0 Å². The number of fused-ring (bicyclic) bond motifs is 1. The number of benzene rings is 1. The minimum Gasteiger partial charge on any atom is -0.504 e. The van der Waals surface area contributed by atoms with Gasteiger partial charge < -0.3 is 25.0 Å². The van der Waals surface area contributed by atoms with Crippen molar-refractivity contribution >= 4 is 5.91 Å². The zero-order valence-electron chi connectivity index (χ0n) is 12.5. The van der Waals surface area contributed by atoms with E-state index < -0.39 is 12.1 Å². The Morgan fingerprint density at radius 1 is 1.43 bits per heavy atom. The number of nitrogens with zero attached hydrogens (tertiary/aromatic N) is 1. The Balaban J connectivity index is 2.65. The summed E-state index contributed by atoms with van der Waals surface area (Å²) in [4.78, 5) is 13.3. The monoisotopic (exact) mass is 295 g/mol. The third-order valence-corrected chi connectivity index (χ3v) is 4.03. The van der Waals surface area contributed by atoms with E-state index in [0.29, 0.717) is 17.7 Å². The molecule has 0 spiro atoms. The highest BCUT2D eigenvalue weighted by Gasteiger charge is 2.38. The lowest BCUT2D eigenvalue weighted by atomic mass is 9.86. The van der Waals surface area contributed by atoms with E-state index in [1.807, 2.05) is 13.0 Å². The number of aliphatic hydroxyl groups excluding tert-OH is 2. The van der Waals surface area contributed by atoms with Crippen LogP contribution in [-0.2, 0) is 11.2 Å². The second-order valence-electron chi connectivity index (χ2n) is 5.31. The van der Waals surface area contributed by atoms with Crippen LogP contribution in [0, 0.1) is 6.92 Å².